The minimum Gasteiger partial charge on any atom is -0.478 e. The second-order valence-electron chi connectivity index (χ2n) is 7.09. The van der Waals surface area contributed by atoms with Crippen LogP contribution in [0.1, 0.15) is 30.6 Å². The summed E-state index contributed by atoms with van der Waals surface area (Å²) in [7, 11) is 0. The lowest BCUT2D eigenvalue weighted by atomic mass is 10.00. The van der Waals surface area contributed by atoms with E-state index in [4.69, 9.17) is 38.1 Å². The van der Waals surface area contributed by atoms with Crippen molar-refractivity contribution < 1.29 is 22.7 Å². The van der Waals surface area contributed by atoms with Crippen LogP contribution >= 0.6 is 23.2 Å². The van der Waals surface area contributed by atoms with E-state index in [1.54, 1.807) is 17.4 Å². The van der Waals surface area contributed by atoms with Gasteiger partial charge in [0.15, 0.2) is 11.4 Å². The fraction of sp³-hybridized carbons (Fsp3) is 0.238. The number of benzene rings is 1. The summed E-state index contributed by atoms with van der Waals surface area (Å²) in [5, 5.41) is -0.0283. The zero-order chi connectivity index (χ0) is 22.3. The maximum absolute atomic E-state index is 13.9. The number of carbonyl (C=O) groups excluding carboxylic acids is 1. The molecule has 3 aromatic rings. The van der Waals surface area contributed by atoms with E-state index in [9.17, 15) is 13.6 Å². The minimum absolute atomic E-state index is 0.0362. The van der Waals surface area contributed by atoms with Gasteiger partial charge in [-0.1, -0.05) is 29.3 Å². The summed E-state index contributed by atoms with van der Waals surface area (Å²) < 4.78 is 39.5. The highest BCUT2D eigenvalue weighted by Gasteiger charge is 2.25. The molecule has 3 heterocycles. The van der Waals surface area contributed by atoms with Crippen molar-refractivity contribution >= 4 is 52.0 Å². The maximum Gasteiger partial charge on any atom is 0.209 e. The van der Waals surface area contributed by atoms with Gasteiger partial charge in [-0.3, -0.25) is 4.79 Å². The van der Waals surface area contributed by atoms with Crippen molar-refractivity contribution in [2.45, 2.75) is 19.4 Å². The van der Waals surface area contributed by atoms with Crippen molar-refractivity contribution in [1.82, 2.24) is 9.88 Å². The van der Waals surface area contributed by atoms with Gasteiger partial charge in [-0.05, 0) is 18.9 Å². The van der Waals surface area contributed by atoms with Crippen molar-refractivity contribution in [2.24, 2.45) is 0 Å². The lowest BCUT2D eigenvalue weighted by Crippen LogP contribution is -2.26. The van der Waals surface area contributed by atoms with Crippen molar-refractivity contribution in [2.75, 3.05) is 18.8 Å². The number of hydrogen-bond acceptors (Lipinski definition) is 5. The molecule has 2 aromatic heterocycles. The molecule has 0 bridgehead atoms. The van der Waals surface area contributed by atoms with Crippen LogP contribution in [-0.4, -0.2) is 29.4 Å². The largest absolute Gasteiger partial charge is 0.478 e. The average molecular weight is 468 g/mol. The molecule has 6 nitrogen and oxygen atoms in total. The molecule has 0 radical (unpaired) electrons. The highest BCUT2D eigenvalue weighted by molar-refractivity contribution is 6.36. The molecule has 0 aliphatic carbocycles. The standard InChI is InChI=1S/C21H17Cl2F2N3O3/c1-10(16-17(22)14(24)6-15(25)18(16)23)31-20-19-12(7-27-21(20)26)13(8-30-19)11-2-4-28(9-29)5-3-11/h2,6-10H,3-5H2,1H3,(H2,26,27)/t10-/m1/s1. The van der Waals surface area contributed by atoms with Crippen LogP contribution in [0.4, 0.5) is 14.6 Å². The van der Waals surface area contributed by atoms with Crippen LogP contribution in [0.25, 0.3) is 16.5 Å². The predicted octanol–water partition coefficient (Wildman–Crippen LogP) is 5.38. The molecule has 2 N–H and O–H groups in total. The monoisotopic (exact) mass is 467 g/mol. The molecule has 0 saturated carbocycles. The van der Waals surface area contributed by atoms with Crippen LogP contribution in [-0.2, 0) is 4.79 Å². The second-order valence-corrected chi connectivity index (χ2v) is 7.84. The molecule has 162 valence electrons. The third kappa shape index (κ3) is 3.81. The Bertz CT molecular complexity index is 1190. The van der Waals surface area contributed by atoms with Crippen LogP contribution in [0.2, 0.25) is 10.0 Å². The first-order chi connectivity index (χ1) is 14.8. The summed E-state index contributed by atoms with van der Waals surface area (Å²) >= 11 is 12.0. The van der Waals surface area contributed by atoms with Crippen LogP contribution in [0, 0.1) is 11.6 Å². The summed E-state index contributed by atoms with van der Waals surface area (Å²) in [4.78, 5) is 16.8. The number of ether oxygens (including phenoxy) is 1. The third-order valence-corrected chi connectivity index (χ3v) is 5.95. The van der Waals surface area contributed by atoms with Crippen LogP contribution in [0.3, 0.4) is 0 Å². The number of aromatic nitrogens is 1. The molecule has 1 aromatic carbocycles. The van der Waals surface area contributed by atoms with Gasteiger partial charge in [-0.25, -0.2) is 13.8 Å². The Morgan fingerprint density at radius 3 is 2.65 bits per heavy atom. The normalized spacial score (nSPS) is 15.1. The van der Waals surface area contributed by atoms with E-state index in [1.165, 1.54) is 6.92 Å². The Balaban J connectivity index is 1.73. The summed E-state index contributed by atoms with van der Waals surface area (Å²) in [5.74, 6) is -1.76. The van der Waals surface area contributed by atoms with E-state index in [0.29, 0.717) is 36.5 Å². The first-order valence-corrected chi connectivity index (χ1v) is 10.1. The highest BCUT2D eigenvalue weighted by Crippen LogP contribution is 2.41. The Hall–Kier alpha value is -2.84. The van der Waals surface area contributed by atoms with Gasteiger partial charge in [0.2, 0.25) is 12.2 Å². The minimum atomic E-state index is -0.955. The van der Waals surface area contributed by atoms with Crippen LogP contribution < -0.4 is 10.5 Å². The average Bonchev–Trinajstić information content (AvgIpc) is 3.19. The SMILES string of the molecule is C[C@@H](Oc1c(N)ncc2c(C3=CCN(C=O)CC3)coc12)c1c(Cl)c(F)cc(F)c1Cl. The van der Waals surface area contributed by atoms with Gasteiger partial charge in [-0.15, -0.1) is 0 Å². The highest BCUT2D eigenvalue weighted by atomic mass is 35.5. The lowest BCUT2D eigenvalue weighted by molar-refractivity contribution is -0.117. The number of halogens is 4. The first-order valence-electron chi connectivity index (χ1n) is 9.35. The van der Waals surface area contributed by atoms with Crippen LogP contribution in [0.5, 0.6) is 5.75 Å². The molecule has 0 spiro atoms. The number of hydrogen-bond donors (Lipinski definition) is 1. The fourth-order valence-electron chi connectivity index (χ4n) is 3.55. The predicted molar refractivity (Wildman–Crippen MR) is 114 cm³/mol. The van der Waals surface area contributed by atoms with E-state index in [1.807, 2.05) is 6.08 Å². The molecular weight excluding hydrogens is 451 g/mol. The number of nitrogens with zero attached hydrogens (tertiary/aromatic N) is 2. The Labute approximate surface area is 186 Å². The Kier molecular flexibility index (Phi) is 5.77. The number of anilines is 1. The molecule has 10 heteroatoms. The van der Waals surface area contributed by atoms with E-state index >= 15 is 0 Å². The van der Waals surface area contributed by atoms with Crippen molar-refractivity contribution in [1.29, 1.82) is 0 Å². The summed E-state index contributed by atoms with van der Waals surface area (Å²) in [6.45, 7) is 2.62. The molecule has 1 amide bonds. The zero-order valence-electron chi connectivity index (χ0n) is 16.3. The molecule has 0 saturated heterocycles. The van der Waals surface area contributed by atoms with Gasteiger partial charge in [0.25, 0.3) is 0 Å². The smallest absolute Gasteiger partial charge is 0.209 e. The second kappa shape index (κ2) is 8.36. The Morgan fingerprint density at radius 2 is 2.03 bits per heavy atom. The number of nitrogen functional groups attached to an aromatic ring is 1. The lowest BCUT2D eigenvalue weighted by Gasteiger charge is -2.22. The number of amides is 1. The van der Waals surface area contributed by atoms with Crippen LogP contribution in [0.15, 0.2) is 29.0 Å². The van der Waals surface area contributed by atoms with Gasteiger partial charge >= 0.3 is 0 Å². The fourth-order valence-corrected chi connectivity index (χ4v) is 4.21. The zero-order valence-corrected chi connectivity index (χ0v) is 17.8. The maximum atomic E-state index is 13.9. The molecule has 1 atom stereocenters. The van der Waals surface area contributed by atoms with Gasteiger partial charge in [0, 0.05) is 36.5 Å². The molecule has 0 fully saturated rings. The van der Waals surface area contributed by atoms with Crippen molar-refractivity contribution in [3.8, 4) is 5.75 Å². The summed E-state index contributed by atoms with van der Waals surface area (Å²) in [6, 6.07) is 0.611. The molecule has 1 aliphatic heterocycles. The van der Waals surface area contributed by atoms with E-state index in [0.717, 1.165) is 17.5 Å². The van der Waals surface area contributed by atoms with E-state index in [-0.39, 0.29) is 27.2 Å². The summed E-state index contributed by atoms with van der Waals surface area (Å²) in [6.07, 6.45) is 5.57. The number of nitrogens with two attached hydrogens (primary N) is 1. The van der Waals surface area contributed by atoms with Crippen molar-refractivity contribution in [3.05, 3.63) is 57.4 Å². The molecule has 1 aliphatic rings. The molecular formula is C21H17Cl2F2N3O3. The quantitative estimate of drug-likeness (QED) is 0.402. The van der Waals surface area contributed by atoms with Gasteiger partial charge in [0.1, 0.15) is 17.7 Å². The van der Waals surface area contributed by atoms with Gasteiger partial charge in [0.05, 0.1) is 21.7 Å². The van der Waals surface area contributed by atoms with Gasteiger partial charge in [-0.2, -0.15) is 0 Å². The number of pyridine rings is 1. The number of fused-ring (bicyclic) bond motifs is 1. The Morgan fingerprint density at radius 1 is 1.32 bits per heavy atom. The molecule has 4 rings (SSSR count). The summed E-state index contributed by atoms with van der Waals surface area (Å²) in [5.41, 5.74) is 8.09. The van der Waals surface area contributed by atoms with E-state index < -0.39 is 17.7 Å². The first kappa shape index (κ1) is 21.4. The van der Waals surface area contributed by atoms with Gasteiger partial charge < -0.3 is 19.8 Å². The number of carbonyl (C=O) groups is 1. The number of furan rings is 1. The van der Waals surface area contributed by atoms with Crippen molar-refractivity contribution in [3.63, 3.8) is 0 Å². The van der Waals surface area contributed by atoms with E-state index in [2.05, 4.69) is 4.98 Å². The topological polar surface area (TPSA) is 81.6 Å². The third-order valence-electron chi connectivity index (χ3n) is 5.18. The number of rotatable bonds is 5. The molecule has 0 unspecified atom stereocenters. The molecule has 31 heavy (non-hydrogen) atoms.